The average molecular weight is 337 g/mol. The van der Waals surface area contributed by atoms with Gasteiger partial charge in [-0.1, -0.05) is 18.2 Å². The monoisotopic (exact) mass is 336 g/mol. The first-order valence-electron chi connectivity index (χ1n) is 5.95. The van der Waals surface area contributed by atoms with Gasteiger partial charge >= 0.3 is 0 Å². The van der Waals surface area contributed by atoms with Crippen LogP contribution in [-0.4, -0.2) is 0 Å². The van der Waals surface area contributed by atoms with Gasteiger partial charge in [0.25, 0.3) is 0 Å². The fraction of sp³-hybridized carbons (Fsp3) is 0.143. The van der Waals surface area contributed by atoms with Gasteiger partial charge in [-0.3, -0.25) is 5.84 Å². The highest BCUT2D eigenvalue weighted by Crippen LogP contribution is 2.29. The van der Waals surface area contributed by atoms with Gasteiger partial charge in [-0.05, 0) is 40.2 Å². The number of hydrogen-bond donors (Lipinski definition) is 2. The van der Waals surface area contributed by atoms with Gasteiger partial charge in [0.05, 0.1) is 9.83 Å². The minimum absolute atomic E-state index is 0.0158. The summed E-state index contributed by atoms with van der Waals surface area (Å²) in [5.41, 5.74) is 3.73. The van der Waals surface area contributed by atoms with Gasteiger partial charge in [0.15, 0.2) is 0 Å². The predicted octanol–water partition coefficient (Wildman–Crippen LogP) is 4.00. The van der Waals surface area contributed by atoms with E-state index in [2.05, 4.69) is 27.4 Å². The summed E-state index contributed by atoms with van der Waals surface area (Å²) in [5.74, 6) is 6.53. The fourth-order valence-electron chi connectivity index (χ4n) is 2.08. The van der Waals surface area contributed by atoms with Gasteiger partial charge in [-0.25, -0.2) is 5.43 Å². The summed E-state index contributed by atoms with van der Waals surface area (Å²) in [5, 5.41) is 1.10. The van der Waals surface area contributed by atoms with Crippen molar-refractivity contribution >= 4 is 38.2 Å². The van der Waals surface area contributed by atoms with Gasteiger partial charge in [-0.2, -0.15) is 0 Å². The molecule has 1 aromatic carbocycles. The quantitative estimate of drug-likeness (QED) is 0.559. The zero-order chi connectivity index (χ0) is 13.2. The van der Waals surface area contributed by atoms with Gasteiger partial charge in [0.2, 0.25) is 0 Å². The number of nitrogens with one attached hydrogen (secondary N) is 1. The number of halogens is 1. The van der Waals surface area contributed by atoms with Crippen molar-refractivity contribution in [2.75, 3.05) is 0 Å². The SMILES string of the molecule is NNC(Cc1ccc(Br)s1)c1cc2ccccc2o1. The highest BCUT2D eigenvalue weighted by molar-refractivity contribution is 9.11. The Hall–Kier alpha value is -1.14. The van der Waals surface area contributed by atoms with Crippen LogP contribution in [0, 0.1) is 0 Å². The van der Waals surface area contributed by atoms with Crippen LogP contribution in [0.5, 0.6) is 0 Å². The lowest BCUT2D eigenvalue weighted by Gasteiger charge is -2.11. The Balaban J connectivity index is 1.88. The van der Waals surface area contributed by atoms with Crippen molar-refractivity contribution in [2.24, 2.45) is 5.84 Å². The van der Waals surface area contributed by atoms with Crippen LogP contribution in [0.25, 0.3) is 11.0 Å². The van der Waals surface area contributed by atoms with E-state index in [-0.39, 0.29) is 6.04 Å². The molecule has 3 N–H and O–H groups in total. The van der Waals surface area contributed by atoms with Crippen LogP contribution in [0.2, 0.25) is 0 Å². The molecule has 0 radical (unpaired) electrons. The third-order valence-electron chi connectivity index (χ3n) is 3.02. The van der Waals surface area contributed by atoms with Gasteiger partial charge in [0.1, 0.15) is 11.3 Å². The molecule has 0 aliphatic carbocycles. The molecule has 0 aliphatic rings. The van der Waals surface area contributed by atoms with Crippen molar-refractivity contribution in [1.82, 2.24) is 5.43 Å². The molecule has 0 spiro atoms. The van der Waals surface area contributed by atoms with Crippen LogP contribution in [0.4, 0.5) is 0 Å². The van der Waals surface area contributed by atoms with Crippen LogP contribution < -0.4 is 11.3 Å². The van der Waals surface area contributed by atoms with E-state index in [1.807, 2.05) is 36.4 Å². The molecule has 0 saturated heterocycles. The highest BCUT2D eigenvalue weighted by Gasteiger charge is 2.16. The molecule has 3 aromatic rings. The number of hydrazine groups is 1. The summed E-state index contributed by atoms with van der Waals surface area (Å²) in [6.45, 7) is 0. The second-order valence-corrected chi connectivity index (χ2v) is 6.86. The number of para-hydroxylation sites is 1. The van der Waals surface area contributed by atoms with Crippen LogP contribution in [-0.2, 0) is 6.42 Å². The molecule has 0 bridgehead atoms. The predicted molar refractivity (Wildman–Crippen MR) is 82.0 cm³/mol. The first-order valence-corrected chi connectivity index (χ1v) is 7.56. The van der Waals surface area contributed by atoms with Crippen molar-refractivity contribution < 1.29 is 4.42 Å². The first kappa shape index (κ1) is 12.9. The molecule has 0 aliphatic heterocycles. The Morgan fingerprint density at radius 3 is 2.79 bits per heavy atom. The van der Waals surface area contributed by atoms with Crippen LogP contribution in [0.15, 0.2) is 50.7 Å². The van der Waals surface area contributed by atoms with Gasteiger partial charge < -0.3 is 4.42 Å². The maximum Gasteiger partial charge on any atom is 0.134 e. The third kappa shape index (κ3) is 2.74. The Kier molecular flexibility index (Phi) is 3.70. The number of benzene rings is 1. The zero-order valence-electron chi connectivity index (χ0n) is 10.1. The van der Waals surface area contributed by atoms with E-state index < -0.39 is 0 Å². The zero-order valence-corrected chi connectivity index (χ0v) is 12.5. The van der Waals surface area contributed by atoms with E-state index in [0.29, 0.717) is 0 Å². The fourth-order valence-corrected chi connectivity index (χ4v) is 3.61. The minimum Gasteiger partial charge on any atom is -0.459 e. The summed E-state index contributed by atoms with van der Waals surface area (Å²) in [4.78, 5) is 1.26. The van der Waals surface area contributed by atoms with Crippen LogP contribution in [0.3, 0.4) is 0 Å². The van der Waals surface area contributed by atoms with E-state index in [9.17, 15) is 0 Å². The summed E-state index contributed by atoms with van der Waals surface area (Å²) in [6, 6.07) is 14.2. The summed E-state index contributed by atoms with van der Waals surface area (Å²) in [7, 11) is 0. The molecule has 2 aromatic heterocycles. The summed E-state index contributed by atoms with van der Waals surface area (Å²) < 4.78 is 6.98. The number of hydrogen-bond acceptors (Lipinski definition) is 4. The molecule has 3 nitrogen and oxygen atoms in total. The third-order valence-corrected chi connectivity index (χ3v) is 4.67. The smallest absolute Gasteiger partial charge is 0.134 e. The molecular weight excluding hydrogens is 324 g/mol. The Morgan fingerprint density at radius 2 is 2.11 bits per heavy atom. The van der Waals surface area contributed by atoms with Gasteiger partial charge in [-0.15, -0.1) is 11.3 Å². The van der Waals surface area contributed by atoms with Crippen molar-refractivity contribution in [3.8, 4) is 0 Å². The van der Waals surface area contributed by atoms with Crippen LogP contribution >= 0.6 is 27.3 Å². The van der Waals surface area contributed by atoms with Gasteiger partial charge in [0, 0.05) is 16.7 Å². The second-order valence-electron chi connectivity index (χ2n) is 4.32. The molecule has 2 heterocycles. The number of nitrogens with two attached hydrogens (primary N) is 1. The molecule has 98 valence electrons. The molecule has 1 atom stereocenters. The standard InChI is InChI=1S/C14H13BrN2OS/c15-14-6-5-10(19-14)8-11(17-16)13-7-9-3-1-2-4-12(9)18-13/h1-7,11,17H,8,16H2. The Morgan fingerprint density at radius 1 is 1.26 bits per heavy atom. The number of furan rings is 1. The molecule has 0 fully saturated rings. The maximum absolute atomic E-state index is 5.85. The Labute approximate surface area is 123 Å². The average Bonchev–Trinajstić information content (AvgIpc) is 3.01. The number of rotatable bonds is 4. The molecule has 1 unspecified atom stereocenters. The summed E-state index contributed by atoms with van der Waals surface area (Å²) in [6.07, 6.45) is 0.812. The lowest BCUT2D eigenvalue weighted by atomic mass is 10.1. The molecular formula is C14H13BrN2OS. The first-order chi connectivity index (χ1) is 9.26. The largest absolute Gasteiger partial charge is 0.459 e. The van der Waals surface area contributed by atoms with Crippen molar-refractivity contribution in [2.45, 2.75) is 12.5 Å². The second kappa shape index (κ2) is 5.46. The highest BCUT2D eigenvalue weighted by atomic mass is 79.9. The molecule has 3 rings (SSSR count). The Bertz CT molecular complexity index is 658. The number of fused-ring (bicyclic) bond motifs is 1. The molecule has 5 heteroatoms. The van der Waals surface area contributed by atoms with E-state index in [1.165, 1.54) is 4.88 Å². The lowest BCUT2D eigenvalue weighted by molar-refractivity contribution is 0.436. The normalized spacial score (nSPS) is 12.9. The topological polar surface area (TPSA) is 51.2 Å². The van der Waals surface area contributed by atoms with Crippen molar-refractivity contribution in [3.63, 3.8) is 0 Å². The van der Waals surface area contributed by atoms with E-state index in [1.54, 1.807) is 11.3 Å². The van der Waals surface area contributed by atoms with E-state index >= 15 is 0 Å². The van der Waals surface area contributed by atoms with E-state index in [4.69, 9.17) is 10.3 Å². The van der Waals surface area contributed by atoms with Crippen molar-refractivity contribution in [3.05, 3.63) is 56.9 Å². The molecule has 19 heavy (non-hydrogen) atoms. The molecule has 0 amide bonds. The maximum atomic E-state index is 5.85. The van der Waals surface area contributed by atoms with Crippen LogP contribution in [0.1, 0.15) is 16.7 Å². The van der Waals surface area contributed by atoms with Crippen molar-refractivity contribution in [1.29, 1.82) is 0 Å². The summed E-state index contributed by atoms with van der Waals surface area (Å²) >= 11 is 5.18. The lowest BCUT2D eigenvalue weighted by Crippen LogP contribution is -2.29. The minimum atomic E-state index is -0.0158. The molecule has 0 saturated carbocycles. The number of thiophene rings is 1. The van der Waals surface area contributed by atoms with E-state index in [0.717, 1.165) is 26.9 Å².